The fourth-order valence-corrected chi connectivity index (χ4v) is 3.17. The summed E-state index contributed by atoms with van der Waals surface area (Å²) in [6.07, 6.45) is 0.382. The minimum atomic E-state index is -0.901. The Morgan fingerprint density at radius 3 is 2.50 bits per heavy atom. The molecule has 3 N–H and O–H groups in total. The number of amides is 1. The molecule has 5 nitrogen and oxygen atoms in total. The fraction of sp³-hybridized carbons (Fsp3) is 0.611. The zero-order chi connectivity index (χ0) is 17.1. The number of nitrogens with one attached hydrogen (secondary N) is 1. The van der Waals surface area contributed by atoms with E-state index in [1.54, 1.807) is 7.11 Å². The van der Waals surface area contributed by atoms with Gasteiger partial charge < -0.3 is 20.5 Å². The van der Waals surface area contributed by atoms with Crippen LogP contribution in [0.15, 0.2) is 30.3 Å². The Labute approximate surface area is 150 Å². The molecule has 3 atom stereocenters. The molecule has 1 amide bonds. The number of hydrogen-bond acceptors (Lipinski definition) is 4. The monoisotopic (exact) mass is 356 g/mol. The summed E-state index contributed by atoms with van der Waals surface area (Å²) in [6, 6.07) is 9.83. The Bertz CT molecular complexity index is 538. The second kappa shape index (κ2) is 8.30. The largest absolute Gasteiger partial charge is 0.378 e. The van der Waals surface area contributed by atoms with Gasteiger partial charge in [-0.15, -0.1) is 12.4 Å². The summed E-state index contributed by atoms with van der Waals surface area (Å²) in [4.78, 5) is 12.6. The van der Waals surface area contributed by atoms with Gasteiger partial charge in [-0.1, -0.05) is 44.2 Å². The number of halogens is 1. The van der Waals surface area contributed by atoms with Crippen LogP contribution in [-0.2, 0) is 14.3 Å². The lowest BCUT2D eigenvalue weighted by molar-refractivity contribution is -0.171. The van der Waals surface area contributed by atoms with Crippen LogP contribution in [-0.4, -0.2) is 37.8 Å². The number of benzene rings is 1. The highest BCUT2D eigenvalue weighted by atomic mass is 35.5. The van der Waals surface area contributed by atoms with Crippen molar-refractivity contribution in [2.24, 2.45) is 11.1 Å². The summed E-state index contributed by atoms with van der Waals surface area (Å²) >= 11 is 0. The van der Waals surface area contributed by atoms with E-state index in [0.29, 0.717) is 19.6 Å². The van der Waals surface area contributed by atoms with Crippen LogP contribution in [0.3, 0.4) is 0 Å². The predicted molar refractivity (Wildman–Crippen MR) is 97.2 cm³/mol. The number of hydrogen-bond donors (Lipinski definition) is 2. The molecule has 1 aromatic carbocycles. The quantitative estimate of drug-likeness (QED) is 0.787. The van der Waals surface area contributed by atoms with Crippen LogP contribution in [0.4, 0.5) is 0 Å². The van der Waals surface area contributed by atoms with Crippen LogP contribution in [0.25, 0.3) is 0 Å². The molecule has 1 saturated carbocycles. The van der Waals surface area contributed by atoms with E-state index >= 15 is 0 Å². The second-order valence-electron chi connectivity index (χ2n) is 6.69. The van der Waals surface area contributed by atoms with Gasteiger partial charge in [0.1, 0.15) is 5.54 Å². The van der Waals surface area contributed by atoms with Crippen LogP contribution < -0.4 is 11.1 Å². The molecule has 0 saturated heterocycles. The van der Waals surface area contributed by atoms with Gasteiger partial charge in [-0.05, 0) is 12.5 Å². The molecular weight excluding hydrogens is 328 g/mol. The number of nitrogens with two attached hydrogens (primary N) is 1. The molecule has 1 aliphatic rings. The van der Waals surface area contributed by atoms with Crippen molar-refractivity contribution in [3.8, 4) is 0 Å². The van der Waals surface area contributed by atoms with Gasteiger partial charge in [0.25, 0.3) is 0 Å². The zero-order valence-corrected chi connectivity index (χ0v) is 15.7. The molecule has 1 aliphatic carbocycles. The van der Waals surface area contributed by atoms with E-state index in [-0.39, 0.29) is 35.9 Å². The van der Waals surface area contributed by atoms with E-state index < -0.39 is 5.54 Å². The predicted octanol–water partition coefficient (Wildman–Crippen LogP) is 2.44. The van der Waals surface area contributed by atoms with Gasteiger partial charge in [0.05, 0.1) is 12.2 Å². The second-order valence-corrected chi connectivity index (χ2v) is 6.69. The van der Waals surface area contributed by atoms with Gasteiger partial charge in [-0.2, -0.15) is 0 Å². The molecule has 6 heteroatoms. The van der Waals surface area contributed by atoms with Crippen molar-refractivity contribution in [2.45, 2.75) is 44.9 Å². The van der Waals surface area contributed by atoms with E-state index in [1.165, 1.54) is 0 Å². The molecule has 0 radical (unpaired) electrons. The number of carbonyl (C=O) groups is 1. The van der Waals surface area contributed by atoms with E-state index in [9.17, 15) is 4.79 Å². The maximum atomic E-state index is 12.6. The van der Waals surface area contributed by atoms with Crippen LogP contribution in [0.2, 0.25) is 0 Å². The molecule has 136 valence electrons. The summed E-state index contributed by atoms with van der Waals surface area (Å²) in [7, 11) is 1.64. The Hall–Kier alpha value is -1.14. The van der Waals surface area contributed by atoms with Crippen molar-refractivity contribution in [2.75, 3.05) is 20.3 Å². The van der Waals surface area contributed by atoms with Gasteiger partial charge in [0, 0.05) is 32.1 Å². The Morgan fingerprint density at radius 1 is 1.38 bits per heavy atom. The van der Waals surface area contributed by atoms with Gasteiger partial charge in [0.15, 0.2) is 0 Å². The number of methoxy groups -OCH3 is 1. The summed E-state index contributed by atoms with van der Waals surface area (Å²) in [5, 5.41) is 2.95. The van der Waals surface area contributed by atoms with Crippen LogP contribution in [0.5, 0.6) is 0 Å². The highest BCUT2D eigenvalue weighted by molar-refractivity contribution is 5.88. The Balaban J connectivity index is 0.00000288. The SMILES string of the molecule is CCOC1CC(N)(C(=O)NCC(OC)c2ccccc2)C1(C)C.Cl. The van der Waals surface area contributed by atoms with Crippen LogP contribution in [0.1, 0.15) is 38.9 Å². The molecule has 0 aromatic heterocycles. The van der Waals surface area contributed by atoms with Crippen molar-refractivity contribution < 1.29 is 14.3 Å². The first-order chi connectivity index (χ1) is 10.9. The summed E-state index contributed by atoms with van der Waals surface area (Å²) in [6.45, 7) is 6.96. The standard InChI is InChI=1S/C18H28N2O3.ClH/c1-5-23-15-11-18(19,17(15,2)3)16(21)20-12-14(22-4)13-9-7-6-8-10-13;/h6-10,14-15H,5,11-12,19H2,1-4H3,(H,20,21);1H. The molecular formula is C18H29ClN2O3. The van der Waals surface area contributed by atoms with Crippen molar-refractivity contribution >= 4 is 18.3 Å². The van der Waals surface area contributed by atoms with Crippen molar-refractivity contribution in [3.63, 3.8) is 0 Å². The number of rotatable bonds is 7. The van der Waals surface area contributed by atoms with Crippen molar-refractivity contribution in [3.05, 3.63) is 35.9 Å². The average molecular weight is 357 g/mol. The van der Waals surface area contributed by atoms with E-state index in [2.05, 4.69) is 5.32 Å². The van der Waals surface area contributed by atoms with Crippen LogP contribution in [0, 0.1) is 5.41 Å². The third-order valence-electron chi connectivity index (χ3n) is 5.14. The first-order valence-electron chi connectivity index (χ1n) is 8.13. The maximum absolute atomic E-state index is 12.6. The lowest BCUT2D eigenvalue weighted by Gasteiger charge is -2.57. The Morgan fingerprint density at radius 2 is 2.00 bits per heavy atom. The lowest BCUT2D eigenvalue weighted by Crippen LogP contribution is -2.75. The summed E-state index contributed by atoms with van der Waals surface area (Å²) in [5.74, 6) is -0.142. The molecule has 0 heterocycles. The third-order valence-corrected chi connectivity index (χ3v) is 5.14. The lowest BCUT2D eigenvalue weighted by atomic mass is 9.54. The highest BCUT2D eigenvalue weighted by Gasteiger charge is 2.62. The van der Waals surface area contributed by atoms with Gasteiger partial charge >= 0.3 is 0 Å². The fourth-order valence-electron chi connectivity index (χ4n) is 3.17. The van der Waals surface area contributed by atoms with Crippen molar-refractivity contribution in [1.82, 2.24) is 5.32 Å². The van der Waals surface area contributed by atoms with Crippen LogP contribution >= 0.6 is 12.4 Å². The third kappa shape index (κ3) is 3.75. The van der Waals surface area contributed by atoms with E-state index in [4.69, 9.17) is 15.2 Å². The van der Waals surface area contributed by atoms with Gasteiger partial charge in [-0.3, -0.25) is 4.79 Å². The van der Waals surface area contributed by atoms with E-state index in [1.807, 2.05) is 51.1 Å². The molecule has 3 unspecified atom stereocenters. The highest BCUT2D eigenvalue weighted by Crippen LogP contribution is 2.49. The molecule has 1 aromatic rings. The molecule has 0 aliphatic heterocycles. The smallest absolute Gasteiger partial charge is 0.240 e. The molecule has 1 fully saturated rings. The molecule has 24 heavy (non-hydrogen) atoms. The first kappa shape index (κ1) is 20.9. The normalized spacial score (nSPS) is 26.0. The molecule has 0 spiro atoms. The number of carbonyl (C=O) groups excluding carboxylic acids is 1. The van der Waals surface area contributed by atoms with E-state index in [0.717, 1.165) is 5.56 Å². The maximum Gasteiger partial charge on any atom is 0.240 e. The minimum absolute atomic E-state index is 0. The molecule has 0 bridgehead atoms. The van der Waals surface area contributed by atoms with Crippen molar-refractivity contribution in [1.29, 1.82) is 0 Å². The Kier molecular flexibility index (Phi) is 7.23. The minimum Gasteiger partial charge on any atom is -0.378 e. The average Bonchev–Trinajstić information content (AvgIpc) is 2.55. The first-order valence-corrected chi connectivity index (χ1v) is 8.13. The molecule has 2 rings (SSSR count). The van der Waals surface area contributed by atoms with Gasteiger partial charge in [-0.25, -0.2) is 0 Å². The summed E-state index contributed by atoms with van der Waals surface area (Å²) < 4.78 is 11.2. The topological polar surface area (TPSA) is 73.6 Å². The summed E-state index contributed by atoms with van der Waals surface area (Å²) in [5.41, 5.74) is 6.12. The zero-order valence-electron chi connectivity index (χ0n) is 14.9. The number of ether oxygens (including phenoxy) is 2. The van der Waals surface area contributed by atoms with Gasteiger partial charge in [0.2, 0.25) is 5.91 Å².